The molecule has 0 saturated carbocycles. The van der Waals surface area contributed by atoms with Crippen molar-refractivity contribution < 1.29 is 19.2 Å². The zero-order chi connectivity index (χ0) is 17.7. The molecule has 1 saturated heterocycles. The van der Waals surface area contributed by atoms with Crippen LogP contribution < -0.4 is 16.0 Å². The summed E-state index contributed by atoms with van der Waals surface area (Å²) in [5.41, 5.74) is 0.115. The van der Waals surface area contributed by atoms with Crippen molar-refractivity contribution in [1.82, 2.24) is 15.6 Å². The van der Waals surface area contributed by atoms with Gasteiger partial charge in [-0.1, -0.05) is 5.16 Å². The molecule has 2 atom stereocenters. The van der Waals surface area contributed by atoms with Crippen molar-refractivity contribution in [2.24, 2.45) is 5.16 Å². The smallest absolute Gasteiger partial charge is 0.276 e. The lowest BCUT2D eigenvalue weighted by atomic mass is 10.1. The molecule has 24 heavy (non-hydrogen) atoms. The van der Waals surface area contributed by atoms with Crippen LogP contribution in [-0.4, -0.2) is 59.1 Å². The van der Waals surface area contributed by atoms with Gasteiger partial charge in [0.25, 0.3) is 5.91 Å². The Balaban J connectivity index is 2.11. The molecule has 0 spiro atoms. The summed E-state index contributed by atoms with van der Waals surface area (Å²) in [5.74, 6) is -1.49. The van der Waals surface area contributed by atoms with Gasteiger partial charge >= 0.3 is 0 Å². The Kier molecular flexibility index (Phi) is 6.40. The van der Waals surface area contributed by atoms with E-state index in [4.69, 9.17) is 11.6 Å². The molecule has 0 bridgehead atoms. The third-order valence-electron chi connectivity index (χ3n) is 2.92. The van der Waals surface area contributed by atoms with Crippen LogP contribution in [0.25, 0.3) is 0 Å². The van der Waals surface area contributed by atoms with Crippen LogP contribution in [0, 0.1) is 0 Å². The van der Waals surface area contributed by atoms with E-state index in [2.05, 4.69) is 30.9 Å². The van der Waals surface area contributed by atoms with Crippen LogP contribution in [-0.2, 0) is 19.2 Å². The molecule has 0 unspecified atom stereocenters. The van der Waals surface area contributed by atoms with Gasteiger partial charge in [-0.3, -0.25) is 14.4 Å². The van der Waals surface area contributed by atoms with Crippen LogP contribution in [0.15, 0.2) is 10.5 Å². The first-order chi connectivity index (χ1) is 11.5. The average Bonchev–Trinajstić information content (AvgIpc) is 3.02. The molecule has 3 amide bonds. The first kappa shape index (κ1) is 18.5. The number of nitrogens with zero attached hydrogens (tertiary/aromatic N) is 2. The monoisotopic (exact) mass is 391 g/mol. The molecule has 2 rings (SSSR count). The number of aromatic nitrogens is 1. The number of β-lactam (4-membered cyclic amide) rings is 1. The summed E-state index contributed by atoms with van der Waals surface area (Å²) in [5, 5.41) is 13.0. The van der Waals surface area contributed by atoms with E-state index in [-0.39, 0.29) is 33.7 Å². The van der Waals surface area contributed by atoms with Crippen LogP contribution in [0.3, 0.4) is 0 Å². The van der Waals surface area contributed by atoms with Crippen LogP contribution >= 0.6 is 34.7 Å². The number of thiazole rings is 1. The fraction of sp³-hybridized carbons (Fsp3) is 0.417. The number of alkyl halides is 1. The zero-order valence-electron chi connectivity index (χ0n) is 12.7. The minimum Gasteiger partial charge on any atom is -0.398 e. The van der Waals surface area contributed by atoms with E-state index >= 15 is 0 Å². The van der Waals surface area contributed by atoms with E-state index in [1.807, 2.05) is 6.26 Å². The lowest BCUT2D eigenvalue weighted by Crippen LogP contribution is -2.68. The van der Waals surface area contributed by atoms with E-state index in [1.165, 1.54) is 24.3 Å². The molecule has 12 heteroatoms. The number of carbonyl (C=O) groups excluding carboxylic acids is 3. The molecule has 9 nitrogen and oxygen atoms in total. The normalized spacial score (nSPS) is 20.0. The number of nitrogens with one attached hydrogen (secondary N) is 3. The van der Waals surface area contributed by atoms with E-state index in [1.54, 1.807) is 0 Å². The third kappa shape index (κ3) is 4.16. The highest BCUT2D eigenvalue weighted by atomic mass is 35.5. The molecule has 3 N–H and O–H groups in total. The number of hydrogen-bond donors (Lipinski definition) is 3. The Labute approximate surface area is 150 Å². The highest BCUT2D eigenvalue weighted by molar-refractivity contribution is 7.99. The Hall–Kier alpha value is -1.85. The Morgan fingerprint density at radius 2 is 2.33 bits per heavy atom. The van der Waals surface area contributed by atoms with Crippen molar-refractivity contribution in [3.8, 4) is 0 Å². The Morgan fingerprint density at radius 3 is 2.92 bits per heavy atom. The quantitative estimate of drug-likeness (QED) is 0.260. The zero-order valence-corrected chi connectivity index (χ0v) is 15.0. The highest BCUT2D eigenvalue weighted by Gasteiger charge is 2.40. The lowest BCUT2D eigenvalue weighted by Gasteiger charge is -2.35. The van der Waals surface area contributed by atoms with Gasteiger partial charge in [0.1, 0.15) is 30.1 Å². The number of thioether (sulfide) groups is 1. The number of oxime groups is 1. The standard InChI is InChI=1S/C12H14ClN5O4S2/c1-22-18-7(5-4-24-12(14-5)15-6(19)3-13)9(20)16-8-10(21)17-11(8)23-2/h4,8,11H,3H2,1-2H3,(H,16,20)(H,17,21)(H,14,15,19)/t8-,11+/m1/s1. The largest absolute Gasteiger partial charge is 0.398 e. The molecule has 2 heterocycles. The SMILES string of the molecule is CON=C(C(=O)N[C@@H]1C(=O)N[C@H]1SC)c1csc(NC(=O)CCl)n1. The lowest BCUT2D eigenvalue weighted by molar-refractivity contribution is -0.132. The van der Waals surface area contributed by atoms with Gasteiger partial charge in [-0.05, 0) is 6.26 Å². The molecule has 1 aromatic heterocycles. The summed E-state index contributed by atoms with van der Waals surface area (Å²) in [6.07, 6.45) is 1.82. The van der Waals surface area contributed by atoms with Gasteiger partial charge in [-0.15, -0.1) is 34.7 Å². The summed E-state index contributed by atoms with van der Waals surface area (Å²) < 4.78 is 0. The van der Waals surface area contributed by atoms with Gasteiger partial charge in [0.15, 0.2) is 10.8 Å². The van der Waals surface area contributed by atoms with Crippen LogP contribution in [0.2, 0.25) is 0 Å². The van der Waals surface area contributed by atoms with Gasteiger partial charge < -0.3 is 20.8 Å². The maximum atomic E-state index is 12.4. The Morgan fingerprint density at radius 1 is 1.58 bits per heavy atom. The molecule has 1 aromatic rings. The topological polar surface area (TPSA) is 122 Å². The highest BCUT2D eigenvalue weighted by Crippen LogP contribution is 2.19. The number of anilines is 1. The van der Waals surface area contributed by atoms with Crippen LogP contribution in [0.4, 0.5) is 5.13 Å². The van der Waals surface area contributed by atoms with E-state index in [0.29, 0.717) is 0 Å². The molecular weight excluding hydrogens is 378 g/mol. The second kappa shape index (κ2) is 8.31. The first-order valence-corrected chi connectivity index (χ1v) is 9.27. The number of halogens is 1. The molecule has 130 valence electrons. The minimum atomic E-state index is -0.649. The molecule has 1 fully saturated rings. The van der Waals surface area contributed by atoms with Crippen molar-refractivity contribution in [2.45, 2.75) is 11.4 Å². The van der Waals surface area contributed by atoms with Crippen molar-refractivity contribution in [3.63, 3.8) is 0 Å². The number of rotatable bonds is 7. The molecule has 0 aliphatic carbocycles. The van der Waals surface area contributed by atoms with E-state index < -0.39 is 17.9 Å². The second-order valence-electron chi connectivity index (χ2n) is 4.46. The maximum Gasteiger partial charge on any atom is 0.276 e. The number of carbonyl (C=O) groups is 3. The van der Waals surface area contributed by atoms with Crippen LogP contribution in [0.1, 0.15) is 5.69 Å². The fourth-order valence-electron chi connectivity index (χ4n) is 1.79. The first-order valence-electron chi connectivity index (χ1n) is 6.57. The summed E-state index contributed by atoms with van der Waals surface area (Å²) in [6.45, 7) is 0. The number of amides is 3. The van der Waals surface area contributed by atoms with E-state index in [0.717, 1.165) is 11.3 Å². The molecule has 0 aromatic carbocycles. The summed E-state index contributed by atoms with van der Waals surface area (Å²) in [6, 6.07) is -0.649. The predicted octanol–water partition coefficient (Wildman–Crippen LogP) is -0.0254. The molecule has 0 radical (unpaired) electrons. The van der Waals surface area contributed by atoms with Gasteiger partial charge in [-0.25, -0.2) is 4.98 Å². The molecular formula is C12H14ClN5O4S2. The van der Waals surface area contributed by atoms with Gasteiger partial charge in [-0.2, -0.15) is 0 Å². The summed E-state index contributed by atoms with van der Waals surface area (Å²) in [7, 11) is 1.29. The van der Waals surface area contributed by atoms with E-state index in [9.17, 15) is 14.4 Å². The van der Waals surface area contributed by atoms with Gasteiger partial charge in [0.05, 0.1) is 0 Å². The molecule has 1 aliphatic heterocycles. The average molecular weight is 392 g/mol. The number of hydrogen-bond acceptors (Lipinski definition) is 8. The summed E-state index contributed by atoms with van der Waals surface area (Å²) >= 11 is 7.93. The summed E-state index contributed by atoms with van der Waals surface area (Å²) in [4.78, 5) is 43.9. The van der Waals surface area contributed by atoms with Gasteiger partial charge in [0, 0.05) is 5.38 Å². The predicted molar refractivity (Wildman–Crippen MR) is 92.4 cm³/mol. The maximum absolute atomic E-state index is 12.4. The van der Waals surface area contributed by atoms with Crippen molar-refractivity contribution >= 4 is 63.3 Å². The van der Waals surface area contributed by atoms with Crippen molar-refractivity contribution in [1.29, 1.82) is 0 Å². The van der Waals surface area contributed by atoms with Crippen LogP contribution in [0.5, 0.6) is 0 Å². The van der Waals surface area contributed by atoms with Gasteiger partial charge in [0.2, 0.25) is 11.8 Å². The van der Waals surface area contributed by atoms with Crippen molar-refractivity contribution in [3.05, 3.63) is 11.1 Å². The fourth-order valence-corrected chi connectivity index (χ4v) is 3.26. The van der Waals surface area contributed by atoms with Crippen molar-refractivity contribution in [2.75, 3.05) is 24.6 Å². The Bertz CT molecular complexity index is 680. The minimum absolute atomic E-state index is 0.0975. The molecule has 1 aliphatic rings. The second-order valence-corrected chi connectivity index (χ2v) is 6.56. The third-order valence-corrected chi connectivity index (χ3v) is 4.82.